The Balaban J connectivity index is 0.00000288. The summed E-state index contributed by atoms with van der Waals surface area (Å²) in [6.45, 7) is 0.148. The van der Waals surface area contributed by atoms with Crippen LogP contribution in [-0.4, -0.2) is 60.7 Å². The van der Waals surface area contributed by atoms with Crippen LogP contribution in [0.4, 0.5) is 0 Å². The summed E-state index contributed by atoms with van der Waals surface area (Å²) in [5.41, 5.74) is 1.64. The van der Waals surface area contributed by atoms with E-state index in [4.69, 9.17) is 4.55 Å². The monoisotopic (exact) mass is 357 g/mol. The maximum absolute atomic E-state index is 12.0. The van der Waals surface area contributed by atoms with Crippen LogP contribution in [0.5, 0.6) is 0 Å². The summed E-state index contributed by atoms with van der Waals surface area (Å²) in [6.07, 6.45) is 0.230. The molecule has 0 heterocycles. The zero-order valence-corrected chi connectivity index (χ0v) is 13.4. The van der Waals surface area contributed by atoms with Gasteiger partial charge in [-0.05, 0) is 11.1 Å². The molecule has 2 aromatic rings. The van der Waals surface area contributed by atoms with Crippen LogP contribution in [0.1, 0.15) is 17.0 Å². The van der Waals surface area contributed by atoms with Crippen LogP contribution in [0.2, 0.25) is 0 Å². The molecule has 5 nitrogen and oxygen atoms in total. The first kappa shape index (κ1) is 20.9. The third-order valence-corrected chi connectivity index (χ3v) is 4.26. The molecule has 0 aliphatic rings. The molecule has 2 aromatic carbocycles. The molecule has 0 spiro atoms. The Labute approximate surface area is 164 Å². The standard InChI is InChI=1S/C17H19NO4S.Na.H/c19-17(11-14-7-3-1-4-8-14)18-12-16(13-23(20,21)22)15-9-5-2-6-10-15;;/h1-10,16H,11-13H2,(H,18,19)(H,20,21,22);;. The Bertz CT molecular complexity index is 736. The van der Waals surface area contributed by atoms with Gasteiger partial charge in [0.05, 0.1) is 12.2 Å². The topological polar surface area (TPSA) is 83.5 Å². The van der Waals surface area contributed by atoms with Crippen LogP contribution in [0.25, 0.3) is 0 Å². The van der Waals surface area contributed by atoms with Crippen molar-refractivity contribution >= 4 is 45.6 Å². The molecule has 124 valence electrons. The van der Waals surface area contributed by atoms with Crippen LogP contribution in [0.3, 0.4) is 0 Å². The molecule has 2 N–H and O–H groups in total. The molecule has 2 rings (SSSR count). The molecule has 0 saturated carbocycles. The summed E-state index contributed by atoms with van der Waals surface area (Å²) in [5.74, 6) is -1.11. The summed E-state index contributed by atoms with van der Waals surface area (Å²) < 4.78 is 31.5. The van der Waals surface area contributed by atoms with Gasteiger partial charge in [-0.2, -0.15) is 8.42 Å². The van der Waals surface area contributed by atoms with E-state index < -0.39 is 21.8 Å². The van der Waals surface area contributed by atoms with E-state index in [1.807, 2.05) is 36.4 Å². The van der Waals surface area contributed by atoms with E-state index in [1.165, 1.54) is 0 Å². The first-order chi connectivity index (χ1) is 10.9. The average molecular weight is 357 g/mol. The fourth-order valence-corrected chi connectivity index (χ4v) is 3.15. The van der Waals surface area contributed by atoms with Crippen LogP contribution >= 0.6 is 0 Å². The van der Waals surface area contributed by atoms with Crippen molar-refractivity contribution in [2.24, 2.45) is 0 Å². The van der Waals surface area contributed by atoms with Gasteiger partial charge in [0.2, 0.25) is 5.91 Å². The van der Waals surface area contributed by atoms with Gasteiger partial charge in [-0.25, -0.2) is 0 Å². The molecule has 24 heavy (non-hydrogen) atoms. The number of benzene rings is 2. The van der Waals surface area contributed by atoms with Crippen molar-refractivity contribution in [2.75, 3.05) is 12.3 Å². The van der Waals surface area contributed by atoms with Gasteiger partial charge in [0.1, 0.15) is 0 Å². The van der Waals surface area contributed by atoms with E-state index in [9.17, 15) is 13.2 Å². The fraction of sp³-hybridized carbons (Fsp3) is 0.235. The molecular weight excluding hydrogens is 337 g/mol. The number of hydrogen-bond donors (Lipinski definition) is 2. The van der Waals surface area contributed by atoms with Crippen LogP contribution in [-0.2, 0) is 21.3 Å². The van der Waals surface area contributed by atoms with Crippen molar-refractivity contribution in [3.05, 3.63) is 71.8 Å². The molecule has 0 fully saturated rings. The third kappa shape index (κ3) is 7.59. The van der Waals surface area contributed by atoms with Gasteiger partial charge >= 0.3 is 29.6 Å². The van der Waals surface area contributed by atoms with E-state index in [0.717, 1.165) is 11.1 Å². The molecule has 7 heteroatoms. The Morgan fingerprint density at radius 2 is 1.54 bits per heavy atom. The third-order valence-electron chi connectivity index (χ3n) is 3.44. The predicted octanol–water partition coefficient (Wildman–Crippen LogP) is 1.37. The summed E-state index contributed by atoms with van der Waals surface area (Å²) in [4.78, 5) is 12.0. The van der Waals surface area contributed by atoms with Crippen LogP contribution in [0, 0.1) is 0 Å². The summed E-state index contributed by atoms with van der Waals surface area (Å²) >= 11 is 0. The van der Waals surface area contributed by atoms with Crippen molar-refractivity contribution in [1.82, 2.24) is 5.32 Å². The number of amides is 1. The number of rotatable bonds is 7. The summed E-state index contributed by atoms with van der Waals surface area (Å²) in [5, 5.41) is 2.74. The minimum absolute atomic E-state index is 0. The number of carbonyl (C=O) groups excluding carboxylic acids is 1. The van der Waals surface area contributed by atoms with Gasteiger partial charge in [-0.1, -0.05) is 60.7 Å². The fourth-order valence-electron chi connectivity index (χ4n) is 2.33. The molecule has 0 bridgehead atoms. The first-order valence-corrected chi connectivity index (χ1v) is 8.86. The zero-order chi connectivity index (χ0) is 16.7. The van der Waals surface area contributed by atoms with Crippen molar-refractivity contribution in [2.45, 2.75) is 12.3 Å². The van der Waals surface area contributed by atoms with E-state index in [2.05, 4.69) is 5.32 Å². The Hall–Kier alpha value is -1.18. The Morgan fingerprint density at radius 3 is 2.08 bits per heavy atom. The molecule has 0 aliphatic heterocycles. The second-order valence-corrected chi connectivity index (χ2v) is 6.82. The van der Waals surface area contributed by atoms with Gasteiger partial charge < -0.3 is 5.32 Å². The van der Waals surface area contributed by atoms with Gasteiger partial charge in [0, 0.05) is 12.5 Å². The second-order valence-electron chi connectivity index (χ2n) is 5.32. The first-order valence-electron chi connectivity index (χ1n) is 7.25. The molecule has 0 saturated heterocycles. The number of nitrogens with one attached hydrogen (secondary N) is 1. The Kier molecular flexibility index (Phi) is 8.66. The maximum atomic E-state index is 12.0. The molecule has 1 atom stereocenters. The summed E-state index contributed by atoms with van der Waals surface area (Å²) in [6, 6.07) is 18.2. The van der Waals surface area contributed by atoms with Gasteiger partial charge in [0.15, 0.2) is 0 Å². The van der Waals surface area contributed by atoms with Gasteiger partial charge in [0.25, 0.3) is 10.1 Å². The average Bonchev–Trinajstić information content (AvgIpc) is 2.52. The van der Waals surface area contributed by atoms with Crippen molar-refractivity contribution in [3.8, 4) is 0 Å². The molecule has 0 radical (unpaired) electrons. The van der Waals surface area contributed by atoms with Crippen molar-refractivity contribution in [1.29, 1.82) is 0 Å². The molecule has 1 amide bonds. The number of carbonyl (C=O) groups is 1. The molecular formula is C17H20NNaO4S. The SMILES string of the molecule is O=C(Cc1ccccc1)NCC(CS(=O)(=O)O)c1ccccc1.[NaH]. The van der Waals surface area contributed by atoms with E-state index in [0.29, 0.717) is 0 Å². The van der Waals surface area contributed by atoms with Crippen LogP contribution in [0.15, 0.2) is 60.7 Å². The normalized spacial score (nSPS) is 12.0. The zero-order valence-electron chi connectivity index (χ0n) is 12.6. The molecule has 0 aromatic heterocycles. The quantitative estimate of drug-likeness (QED) is 0.579. The molecule has 0 aliphatic carbocycles. The Morgan fingerprint density at radius 1 is 1.00 bits per heavy atom. The van der Waals surface area contributed by atoms with E-state index >= 15 is 0 Å². The number of hydrogen-bond acceptors (Lipinski definition) is 3. The minimum atomic E-state index is -4.13. The predicted molar refractivity (Wildman–Crippen MR) is 95.9 cm³/mol. The van der Waals surface area contributed by atoms with E-state index in [-0.39, 0.29) is 48.4 Å². The summed E-state index contributed by atoms with van der Waals surface area (Å²) in [7, 11) is -4.13. The van der Waals surface area contributed by atoms with Crippen LogP contribution < -0.4 is 5.32 Å². The van der Waals surface area contributed by atoms with E-state index in [1.54, 1.807) is 24.3 Å². The van der Waals surface area contributed by atoms with Crippen molar-refractivity contribution < 1.29 is 17.8 Å². The van der Waals surface area contributed by atoms with Gasteiger partial charge in [-0.3, -0.25) is 9.35 Å². The molecule has 1 unspecified atom stereocenters. The second kappa shape index (κ2) is 9.96. The van der Waals surface area contributed by atoms with Gasteiger partial charge in [-0.15, -0.1) is 0 Å². The van der Waals surface area contributed by atoms with Crippen molar-refractivity contribution in [3.63, 3.8) is 0 Å².